The Balaban J connectivity index is 1.46. The molecule has 2 aromatic carbocycles. The van der Waals surface area contributed by atoms with Gasteiger partial charge in [0, 0.05) is 31.7 Å². The number of nitrogen functional groups attached to an aromatic ring is 1. The van der Waals surface area contributed by atoms with E-state index >= 15 is 0 Å². The molecule has 1 heterocycles. The number of rotatable bonds is 6. The third kappa shape index (κ3) is 4.14. The number of nitrogens with zero attached hydrogens (tertiary/aromatic N) is 1. The molecule has 3 N–H and O–H groups in total. The summed E-state index contributed by atoms with van der Waals surface area (Å²) in [6.07, 6.45) is 2.63. The van der Waals surface area contributed by atoms with Crippen molar-refractivity contribution >= 4 is 23.0 Å². The van der Waals surface area contributed by atoms with Gasteiger partial charge in [0.2, 0.25) is 0 Å². The minimum atomic E-state index is 0.631. The maximum atomic E-state index is 6.57. The van der Waals surface area contributed by atoms with E-state index in [1.165, 1.54) is 18.4 Å². The molecule has 0 aromatic heterocycles. The Hall–Kier alpha value is -1.75. The zero-order valence-electron chi connectivity index (χ0n) is 15.0. The molecule has 2 fully saturated rings. The predicted octanol–water partition coefficient (Wildman–Crippen LogP) is 4.24. The van der Waals surface area contributed by atoms with Gasteiger partial charge in [-0.3, -0.25) is 4.90 Å². The number of hydrogen-bond donors (Lipinski definition) is 2. The van der Waals surface area contributed by atoms with E-state index in [4.69, 9.17) is 22.1 Å². The molecule has 1 aliphatic carbocycles. The van der Waals surface area contributed by atoms with E-state index in [1.54, 1.807) is 0 Å². The molecule has 0 bridgehead atoms. The van der Waals surface area contributed by atoms with Crippen molar-refractivity contribution in [3.63, 3.8) is 0 Å². The van der Waals surface area contributed by atoms with Crippen LogP contribution in [-0.4, -0.2) is 37.7 Å². The van der Waals surface area contributed by atoms with Crippen LogP contribution in [0.25, 0.3) is 11.1 Å². The molecule has 5 heteroatoms. The zero-order chi connectivity index (χ0) is 17.9. The van der Waals surface area contributed by atoms with E-state index in [2.05, 4.69) is 40.5 Å². The lowest BCUT2D eigenvalue weighted by Crippen LogP contribution is -2.35. The molecule has 2 aromatic rings. The molecule has 0 spiro atoms. The van der Waals surface area contributed by atoms with Crippen molar-refractivity contribution in [1.82, 2.24) is 4.90 Å². The Morgan fingerprint density at radius 2 is 1.81 bits per heavy atom. The van der Waals surface area contributed by atoms with Gasteiger partial charge in [-0.05, 0) is 36.0 Å². The first-order valence-electron chi connectivity index (χ1n) is 9.42. The molecule has 0 radical (unpaired) electrons. The summed E-state index contributed by atoms with van der Waals surface area (Å²) in [5, 5.41) is 4.06. The van der Waals surface area contributed by atoms with Gasteiger partial charge < -0.3 is 15.8 Å². The maximum Gasteiger partial charge on any atom is 0.0745 e. The van der Waals surface area contributed by atoms with Gasteiger partial charge in [0.25, 0.3) is 0 Å². The Morgan fingerprint density at radius 3 is 2.50 bits per heavy atom. The first kappa shape index (κ1) is 17.7. The summed E-state index contributed by atoms with van der Waals surface area (Å²) in [6.45, 7) is 5.60. The van der Waals surface area contributed by atoms with Crippen LogP contribution in [0.5, 0.6) is 0 Å². The third-order valence-corrected chi connectivity index (χ3v) is 5.64. The number of benzene rings is 2. The standard InChI is InChI=1S/C21H26ClN3O/c22-20-18(7-8-19(21(20)23)24-13-15-1-2-15)17-5-3-16(4-6-17)14-25-9-11-26-12-10-25/h3-8,15,24H,1-2,9-14,23H2. The van der Waals surface area contributed by atoms with E-state index in [-0.39, 0.29) is 0 Å². The van der Waals surface area contributed by atoms with Crippen LogP contribution in [0.2, 0.25) is 5.02 Å². The highest BCUT2D eigenvalue weighted by molar-refractivity contribution is 6.36. The van der Waals surface area contributed by atoms with E-state index in [9.17, 15) is 0 Å². The summed E-state index contributed by atoms with van der Waals surface area (Å²) in [4.78, 5) is 2.42. The van der Waals surface area contributed by atoms with Crippen LogP contribution in [0, 0.1) is 5.92 Å². The monoisotopic (exact) mass is 371 g/mol. The highest BCUT2D eigenvalue weighted by Gasteiger charge is 2.21. The molecule has 138 valence electrons. The van der Waals surface area contributed by atoms with E-state index in [0.29, 0.717) is 10.7 Å². The van der Waals surface area contributed by atoms with E-state index in [0.717, 1.165) is 62.1 Å². The Kier molecular flexibility index (Phi) is 5.34. The summed E-state index contributed by atoms with van der Waals surface area (Å²) in [5.41, 5.74) is 11.2. The van der Waals surface area contributed by atoms with E-state index < -0.39 is 0 Å². The van der Waals surface area contributed by atoms with Gasteiger partial charge >= 0.3 is 0 Å². The van der Waals surface area contributed by atoms with Gasteiger partial charge in [-0.2, -0.15) is 0 Å². The number of morpholine rings is 1. The minimum absolute atomic E-state index is 0.631. The summed E-state index contributed by atoms with van der Waals surface area (Å²) in [5.74, 6) is 0.798. The summed E-state index contributed by atoms with van der Waals surface area (Å²) < 4.78 is 5.41. The fourth-order valence-corrected chi connectivity index (χ4v) is 3.63. The number of anilines is 2. The van der Waals surface area contributed by atoms with Crippen LogP contribution in [0.1, 0.15) is 18.4 Å². The molecule has 2 aliphatic rings. The molecular formula is C21H26ClN3O. The minimum Gasteiger partial charge on any atom is -0.396 e. The number of ether oxygens (including phenoxy) is 1. The van der Waals surface area contributed by atoms with Gasteiger partial charge in [0.05, 0.1) is 29.6 Å². The summed E-state index contributed by atoms with van der Waals surface area (Å²) >= 11 is 6.57. The topological polar surface area (TPSA) is 50.5 Å². The zero-order valence-corrected chi connectivity index (χ0v) is 15.8. The number of halogens is 1. The number of hydrogen-bond acceptors (Lipinski definition) is 4. The maximum absolute atomic E-state index is 6.57. The van der Waals surface area contributed by atoms with Crippen molar-refractivity contribution in [3.8, 4) is 11.1 Å². The third-order valence-electron chi connectivity index (χ3n) is 5.23. The average Bonchev–Trinajstić information content (AvgIpc) is 3.49. The molecule has 4 rings (SSSR count). The van der Waals surface area contributed by atoms with Crippen molar-refractivity contribution in [2.75, 3.05) is 43.9 Å². The highest BCUT2D eigenvalue weighted by atomic mass is 35.5. The average molecular weight is 372 g/mol. The molecule has 1 aliphatic heterocycles. The van der Waals surface area contributed by atoms with Crippen LogP contribution in [0.15, 0.2) is 36.4 Å². The van der Waals surface area contributed by atoms with Gasteiger partial charge in [-0.25, -0.2) is 0 Å². The fourth-order valence-electron chi connectivity index (χ4n) is 3.35. The van der Waals surface area contributed by atoms with Crippen molar-refractivity contribution in [1.29, 1.82) is 0 Å². The van der Waals surface area contributed by atoms with Crippen molar-refractivity contribution in [2.45, 2.75) is 19.4 Å². The summed E-state index contributed by atoms with van der Waals surface area (Å²) in [6, 6.07) is 12.7. The first-order chi connectivity index (χ1) is 12.7. The lowest BCUT2D eigenvalue weighted by Gasteiger charge is -2.26. The second-order valence-corrected chi connectivity index (χ2v) is 7.68. The van der Waals surface area contributed by atoms with Crippen LogP contribution < -0.4 is 11.1 Å². The van der Waals surface area contributed by atoms with Gasteiger partial charge in [0.1, 0.15) is 0 Å². The molecule has 0 atom stereocenters. The molecule has 0 unspecified atom stereocenters. The molecule has 26 heavy (non-hydrogen) atoms. The number of nitrogens with one attached hydrogen (secondary N) is 1. The van der Waals surface area contributed by atoms with Gasteiger partial charge in [0.15, 0.2) is 0 Å². The van der Waals surface area contributed by atoms with Crippen molar-refractivity contribution in [3.05, 3.63) is 47.0 Å². The Labute approximate surface area is 160 Å². The molecule has 4 nitrogen and oxygen atoms in total. The normalized spacial score (nSPS) is 18.0. The predicted molar refractivity (Wildman–Crippen MR) is 109 cm³/mol. The Bertz CT molecular complexity index is 753. The lowest BCUT2D eigenvalue weighted by atomic mass is 10.0. The second kappa shape index (κ2) is 7.87. The second-order valence-electron chi connectivity index (χ2n) is 7.30. The lowest BCUT2D eigenvalue weighted by molar-refractivity contribution is 0.0342. The van der Waals surface area contributed by atoms with Crippen molar-refractivity contribution in [2.24, 2.45) is 5.92 Å². The van der Waals surface area contributed by atoms with Gasteiger partial charge in [-0.1, -0.05) is 41.9 Å². The number of nitrogens with two attached hydrogens (primary N) is 1. The molecule has 1 saturated heterocycles. The Morgan fingerprint density at radius 1 is 1.08 bits per heavy atom. The quantitative estimate of drug-likeness (QED) is 0.745. The largest absolute Gasteiger partial charge is 0.396 e. The smallest absolute Gasteiger partial charge is 0.0745 e. The first-order valence-corrected chi connectivity index (χ1v) is 9.80. The molecule has 1 saturated carbocycles. The van der Waals surface area contributed by atoms with Crippen LogP contribution >= 0.6 is 11.6 Å². The fraction of sp³-hybridized carbons (Fsp3) is 0.429. The highest BCUT2D eigenvalue weighted by Crippen LogP contribution is 2.38. The van der Waals surface area contributed by atoms with Crippen LogP contribution in [0.3, 0.4) is 0 Å². The van der Waals surface area contributed by atoms with Crippen molar-refractivity contribution < 1.29 is 4.74 Å². The SMILES string of the molecule is Nc1c(NCC2CC2)ccc(-c2ccc(CN3CCOCC3)cc2)c1Cl. The van der Waals surface area contributed by atoms with Crippen LogP contribution in [-0.2, 0) is 11.3 Å². The molecule has 0 amide bonds. The molecular weight excluding hydrogens is 346 g/mol. The van der Waals surface area contributed by atoms with Crippen LogP contribution in [0.4, 0.5) is 11.4 Å². The van der Waals surface area contributed by atoms with Gasteiger partial charge in [-0.15, -0.1) is 0 Å². The summed E-state index contributed by atoms with van der Waals surface area (Å²) in [7, 11) is 0. The van der Waals surface area contributed by atoms with E-state index in [1.807, 2.05) is 6.07 Å².